The van der Waals surface area contributed by atoms with Crippen LogP contribution in [0.4, 0.5) is 18.9 Å². The number of aromatic nitrogens is 1. The van der Waals surface area contributed by atoms with Gasteiger partial charge in [0.1, 0.15) is 0 Å². The quantitative estimate of drug-likeness (QED) is 0.531. The Morgan fingerprint density at radius 3 is 2.59 bits per heavy atom. The summed E-state index contributed by atoms with van der Waals surface area (Å²) in [5.41, 5.74) is 1.13. The number of amides is 1. The SMILES string of the molecule is CC(Sc1nc(-c2ccccc2)cs1)C(=O)Nc1cccc(C(F)(F)F)c1. The van der Waals surface area contributed by atoms with Gasteiger partial charge in [0.05, 0.1) is 16.5 Å². The van der Waals surface area contributed by atoms with Crippen molar-refractivity contribution < 1.29 is 18.0 Å². The number of rotatable bonds is 5. The number of nitrogens with one attached hydrogen (secondary N) is 1. The van der Waals surface area contributed by atoms with Crippen molar-refractivity contribution in [1.29, 1.82) is 0 Å². The molecule has 1 heterocycles. The molecule has 0 fully saturated rings. The maximum Gasteiger partial charge on any atom is 0.416 e. The van der Waals surface area contributed by atoms with Crippen LogP contribution in [0.3, 0.4) is 0 Å². The van der Waals surface area contributed by atoms with Crippen molar-refractivity contribution in [2.75, 3.05) is 5.32 Å². The van der Waals surface area contributed by atoms with Gasteiger partial charge in [-0.2, -0.15) is 13.2 Å². The molecule has 8 heteroatoms. The van der Waals surface area contributed by atoms with E-state index in [1.807, 2.05) is 35.7 Å². The highest BCUT2D eigenvalue weighted by molar-refractivity contribution is 8.02. The normalized spacial score (nSPS) is 12.6. The van der Waals surface area contributed by atoms with Gasteiger partial charge < -0.3 is 5.32 Å². The number of nitrogens with zero attached hydrogens (tertiary/aromatic N) is 1. The first-order valence-electron chi connectivity index (χ1n) is 7.98. The second-order valence-corrected chi connectivity index (χ2v) is 8.14. The molecule has 3 rings (SSSR count). The number of benzene rings is 2. The first-order chi connectivity index (χ1) is 12.8. The summed E-state index contributed by atoms with van der Waals surface area (Å²) in [7, 11) is 0. The molecule has 0 spiro atoms. The molecular formula is C19H15F3N2OS2. The molecule has 3 aromatic rings. The van der Waals surface area contributed by atoms with E-state index in [2.05, 4.69) is 10.3 Å². The van der Waals surface area contributed by atoms with Crippen LogP contribution in [0.2, 0.25) is 0 Å². The van der Waals surface area contributed by atoms with Gasteiger partial charge in [0, 0.05) is 16.6 Å². The number of hydrogen-bond donors (Lipinski definition) is 1. The average molecular weight is 408 g/mol. The lowest BCUT2D eigenvalue weighted by atomic mass is 10.2. The summed E-state index contributed by atoms with van der Waals surface area (Å²) >= 11 is 2.69. The monoisotopic (exact) mass is 408 g/mol. The highest BCUT2D eigenvalue weighted by Gasteiger charge is 2.30. The summed E-state index contributed by atoms with van der Waals surface area (Å²) in [5.74, 6) is -0.379. The van der Waals surface area contributed by atoms with Gasteiger partial charge in [-0.3, -0.25) is 4.79 Å². The molecule has 1 aromatic heterocycles. The summed E-state index contributed by atoms with van der Waals surface area (Å²) in [6, 6.07) is 14.3. The van der Waals surface area contributed by atoms with Crippen molar-refractivity contribution in [2.24, 2.45) is 0 Å². The molecule has 1 N–H and O–H groups in total. The van der Waals surface area contributed by atoms with E-state index >= 15 is 0 Å². The molecule has 0 bridgehead atoms. The van der Waals surface area contributed by atoms with Crippen LogP contribution in [-0.4, -0.2) is 16.1 Å². The number of thiazole rings is 1. The molecule has 1 amide bonds. The van der Waals surface area contributed by atoms with Crippen molar-refractivity contribution in [3.63, 3.8) is 0 Å². The zero-order valence-corrected chi connectivity index (χ0v) is 15.8. The van der Waals surface area contributed by atoms with Gasteiger partial charge in [-0.25, -0.2) is 4.98 Å². The molecule has 3 nitrogen and oxygen atoms in total. The Hall–Kier alpha value is -2.32. The van der Waals surface area contributed by atoms with Crippen LogP contribution in [0.1, 0.15) is 12.5 Å². The van der Waals surface area contributed by atoms with Crippen LogP contribution in [-0.2, 0) is 11.0 Å². The van der Waals surface area contributed by atoms with Gasteiger partial charge in [0.2, 0.25) is 5.91 Å². The van der Waals surface area contributed by atoms with E-state index in [1.54, 1.807) is 6.92 Å². The van der Waals surface area contributed by atoms with Crippen molar-refractivity contribution in [2.45, 2.75) is 22.7 Å². The minimum absolute atomic E-state index is 0.117. The zero-order valence-electron chi connectivity index (χ0n) is 14.2. The number of alkyl halides is 3. The van der Waals surface area contributed by atoms with Gasteiger partial charge in [-0.05, 0) is 25.1 Å². The van der Waals surface area contributed by atoms with Gasteiger partial charge in [0.15, 0.2) is 4.34 Å². The number of carbonyl (C=O) groups excluding carboxylic acids is 1. The molecule has 0 saturated heterocycles. The van der Waals surface area contributed by atoms with E-state index in [4.69, 9.17) is 0 Å². The molecule has 140 valence electrons. The summed E-state index contributed by atoms with van der Waals surface area (Å²) < 4.78 is 39.0. The van der Waals surface area contributed by atoms with Crippen LogP contribution in [0.15, 0.2) is 64.3 Å². The lowest BCUT2D eigenvalue weighted by Gasteiger charge is -2.12. The van der Waals surface area contributed by atoms with Crippen molar-refractivity contribution in [1.82, 2.24) is 4.98 Å². The smallest absolute Gasteiger partial charge is 0.325 e. The maximum absolute atomic E-state index is 12.8. The predicted molar refractivity (Wildman–Crippen MR) is 103 cm³/mol. The Kier molecular flexibility index (Phi) is 5.86. The number of carbonyl (C=O) groups is 1. The van der Waals surface area contributed by atoms with E-state index in [-0.39, 0.29) is 11.6 Å². The van der Waals surface area contributed by atoms with E-state index in [0.717, 1.165) is 27.7 Å². The first-order valence-corrected chi connectivity index (χ1v) is 9.74. The maximum atomic E-state index is 12.8. The van der Waals surface area contributed by atoms with E-state index < -0.39 is 17.0 Å². The fourth-order valence-corrected chi connectivity index (χ4v) is 4.25. The second kappa shape index (κ2) is 8.14. The number of hydrogen-bond acceptors (Lipinski definition) is 4. The second-order valence-electron chi connectivity index (χ2n) is 5.69. The standard InChI is InChI=1S/C19H15F3N2OS2/c1-12(17(25)23-15-9-5-8-14(10-15)19(20,21)22)27-18-24-16(11-26-18)13-6-3-2-4-7-13/h2-12H,1H3,(H,23,25). The number of thioether (sulfide) groups is 1. The van der Waals surface area contributed by atoms with Crippen LogP contribution in [0.25, 0.3) is 11.3 Å². The molecule has 1 unspecified atom stereocenters. The third-order valence-corrected chi connectivity index (χ3v) is 5.73. The average Bonchev–Trinajstić information content (AvgIpc) is 3.10. The Labute approximate surface area is 162 Å². The largest absolute Gasteiger partial charge is 0.416 e. The molecule has 1 atom stereocenters. The van der Waals surface area contributed by atoms with E-state index in [0.29, 0.717) is 0 Å². The third kappa shape index (κ3) is 5.11. The summed E-state index contributed by atoms with van der Waals surface area (Å²) in [5, 5.41) is 3.94. The minimum atomic E-state index is -4.45. The fraction of sp³-hybridized carbons (Fsp3) is 0.158. The molecule has 0 aliphatic heterocycles. The molecule has 0 aliphatic rings. The Bertz CT molecular complexity index is 926. The molecule has 27 heavy (non-hydrogen) atoms. The molecular weight excluding hydrogens is 393 g/mol. The van der Waals surface area contributed by atoms with Gasteiger partial charge >= 0.3 is 6.18 Å². The first kappa shape index (κ1) is 19.4. The summed E-state index contributed by atoms with van der Waals surface area (Å²) in [6.45, 7) is 1.69. The van der Waals surface area contributed by atoms with Crippen molar-refractivity contribution in [3.8, 4) is 11.3 Å². The van der Waals surface area contributed by atoms with Crippen molar-refractivity contribution >= 4 is 34.7 Å². The van der Waals surface area contributed by atoms with Crippen LogP contribution in [0, 0.1) is 0 Å². The molecule has 0 radical (unpaired) electrons. The summed E-state index contributed by atoms with van der Waals surface area (Å²) in [6.07, 6.45) is -4.45. The van der Waals surface area contributed by atoms with Crippen LogP contribution >= 0.6 is 23.1 Å². The summed E-state index contributed by atoms with van der Waals surface area (Å²) in [4.78, 5) is 16.8. The highest BCUT2D eigenvalue weighted by atomic mass is 32.2. The predicted octanol–water partition coefficient (Wildman–Crippen LogP) is 5.95. The Morgan fingerprint density at radius 2 is 1.89 bits per heavy atom. The lowest BCUT2D eigenvalue weighted by Crippen LogP contribution is -2.22. The molecule has 0 aliphatic carbocycles. The van der Waals surface area contributed by atoms with Gasteiger partial charge in [-0.1, -0.05) is 48.2 Å². The number of anilines is 1. The van der Waals surface area contributed by atoms with Gasteiger partial charge in [-0.15, -0.1) is 11.3 Å². The Morgan fingerprint density at radius 1 is 1.15 bits per heavy atom. The molecule has 0 saturated carbocycles. The number of halogens is 3. The van der Waals surface area contributed by atoms with E-state index in [9.17, 15) is 18.0 Å². The van der Waals surface area contributed by atoms with Crippen LogP contribution in [0.5, 0.6) is 0 Å². The van der Waals surface area contributed by atoms with Crippen LogP contribution < -0.4 is 5.32 Å². The minimum Gasteiger partial charge on any atom is -0.325 e. The highest BCUT2D eigenvalue weighted by Crippen LogP contribution is 2.32. The molecule has 2 aromatic carbocycles. The fourth-order valence-electron chi connectivity index (χ4n) is 2.27. The van der Waals surface area contributed by atoms with E-state index in [1.165, 1.54) is 35.2 Å². The van der Waals surface area contributed by atoms with Gasteiger partial charge in [0.25, 0.3) is 0 Å². The topological polar surface area (TPSA) is 42.0 Å². The van der Waals surface area contributed by atoms with Crippen molar-refractivity contribution in [3.05, 3.63) is 65.5 Å². The third-order valence-electron chi connectivity index (χ3n) is 3.66. The Balaban J connectivity index is 1.64. The zero-order chi connectivity index (χ0) is 19.4. The lowest BCUT2D eigenvalue weighted by molar-refractivity contribution is -0.137.